The first-order valence-corrected chi connectivity index (χ1v) is 6.61. The number of carbonyl (C=O) groups excluding carboxylic acids is 1. The monoisotopic (exact) mass is 305 g/mol. The van der Waals surface area contributed by atoms with Crippen molar-refractivity contribution in [2.75, 3.05) is 19.4 Å². The zero-order valence-corrected chi connectivity index (χ0v) is 13.1. The van der Waals surface area contributed by atoms with Crippen molar-refractivity contribution in [3.8, 4) is 0 Å². The average molecular weight is 305 g/mol. The number of anilines is 1. The quantitative estimate of drug-likeness (QED) is 0.389. The van der Waals surface area contributed by atoms with E-state index in [0.717, 1.165) is 5.56 Å². The van der Waals surface area contributed by atoms with Crippen LogP contribution in [0.1, 0.15) is 12.5 Å². The molecule has 0 aromatic heterocycles. The van der Waals surface area contributed by atoms with E-state index in [1.807, 2.05) is 0 Å². The number of aliphatic hydroxyl groups excluding tert-OH is 1. The highest BCUT2D eigenvalue weighted by Gasteiger charge is 2.22. The lowest BCUT2D eigenvalue weighted by atomic mass is 10.1. The summed E-state index contributed by atoms with van der Waals surface area (Å²) in [4.78, 5) is 17.4. The van der Waals surface area contributed by atoms with Crippen molar-refractivity contribution < 1.29 is 14.3 Å². The fraction of sp³-hybridized carbons (Fsp3) is 0.250. The lowest BCUT2D eigenvalue weighted by Crippen LogP contribution is -2.31. The second kappa shape index (κ2) is 7.40. The number of nitrogens with zero attached hydrogens (tertiary/aromatic N) is 2. The fourth-order valence-corrected chi connectivity index (χ4v) is 1.75. The van der Waals surface area contributed by atoms with Crippen LogP contribution in [0.25, 0.3) is 0 Å². The maximum atomic E-state index is 14.0. The molecule has 0 bridgehead atoms. The van der Waals surface area contributed by atoms with Gasteiger partial charge in [0.25, 0.3) is 5.91 Å². The fourth-order valence-electron chi connectivity index (χ4n) is 1.75. The number of nitrogens with one attached hydrogen (secondary N) is 1. The summed E-state index contributed by atoms with van der Waals surface area (Å²) < 4.78 is 14.0. The van der Waals surface area contributed by atoms with Crippen LogP contribution in [-0.4, -0.2) is 35.8 Å². The number of aryl methyl sites for hydroxylation is 1. The number of hydrogen-bond donors (Lipinski definition) is 2. The molecule has 1 aromatic rings. The van der Waals surface area contributed by atoms with E-state index < -0.39 is 11.7 Å². The van der Waals surface area contributed by atoms with Gasteiger partial charge in [0.15, 0.2) is 0 Å². The summed E-state index contributed by atoms with van der Waals surface area (Å²) in [5, 5.41) is 12.5. The first kappa shape index (κ1) is 17.4. The van der Waals surface area contributed by atoms with Crippen molar-refractivity contribution in [3.05, 3.63) is 53.7 Å². The van der Waals surface area contributed by atoms with Gasteiger partial charge in [0.05, 0.1) is 5.69 Å². The van der Waals surface area contributed by atoms with Crippen LogP contribution in [0.3, 0.4) is 0 Å². The second-order valence-corrected chi connectivity index (χ2v) is 4.93. The molecule has 5 nitrogen and oxygen atoms in total. The van der Waals surface area contributed by atoms with E-state index in [4.69, 9.17) is 0 Å². The third-order valence-electron chi connectivity index (χ3n) is 2.82. The standard InChI is InChI=1S/C16H20FN3O2/c1-6-18-15(14(11(3)21)16(22)20(4)5)19-13-8-7-10(2)9-12(13)17/h6-9,21H,1H2,2-5H3,(H,18,19)/b14-11+. The third kappa shape index (κ3) is 4.18. The van der Waals surface area contributed by atoms with Crippen molar-refractivity contribution in [1.29, 1.82) is 0 Å². The molecule has 6 heteroatoms. The van der Waals surface area contributed by atoms with Gasteiger partial charge in [0, 0.05) is 20.3 Å². The van der Waals surface area contributed by atoms with Gasteiger partial charge in [0.1, 0.15) is 23.0 Å². The molecule has 22 heavy (non-hydrogen) atoms. The Labute approximate surface area is 129 Å². The molecule has 0 aliphatic rings. The van der Waals surface area contributed by atoms with E-state index in [-0.39, 0.29) is 22.9 Å². The Bertz CT molecular complexity index is 645. The smallest absolute Gasteiger partial charge is 0.260 e. The van der Waals surface area contributed by atoms with Crippen molar-refractivity contribution in [2.45, 2.75) is 13.8 Å². The van der Waals surface area contributed by atoms with Crippen molar-refractivity contribution >= 4 is 17.4 Å². The molecular weight excluding hydrogens is 285 g/mol. The Morgan fingerprint density at radius 1 is 1.45 bits per heavy atom. The minimum Gasteiger partial charge on any atom is -0.512 e. The molecule has 1 amide bonds. The summed E-state index contributed by atoms with van der Waals surface area (Å²) in [6.45, 7) is 6.61. The van der Waals surface area contributed by atoms with Crippen molar-refractivity contribution in [1.82, 2.24) is 4.90 Å². The molecule has 0 unspecified atom stereocenters. The second-order valence-electron chi connectivity index (χ2n) is 4.93. The molecule has 1 aromatic carbocycles. The van der Waals surface area contributed by atoms with Crippen LogP contribution in [-0.2, 0) is 4.79 Å². The van der Waals surface area contributed by atoms with Gasteiger partial charge in [-0.2, -0.15) is 0 Å². The highest BCUT2D eigenvalue weighted by atomic mass is 19.1. The average Bonchev–Trinajstić information content (AvgIpc) is 2.41. The largest absolute Gasteiger partial charge is 0.512 e. The Kier molecular flexibility index (Phi) is 5.86. The van der Waals surface area contributed by atoms with Gasteiger partial charge in [-0.05, 0) is 31.5 Å². The summed E-state index contributed by atoms with van der Waals surface area (Å²) in [5.41, 5.74) is 0.866. The van der Waals surface area contributed by atoms with Crippen molar-refractivity contribution in [3.63, 3.8) is 0 Å². The van der Waals surface area contributed by atoms with Crippen LogP contribution >= 0.6 is 0 Å². The molecule has 0 saturated carbocycles. The number of carbonyl (C=O) groups is 1. The summed E-state index contributed by atoms with van der Waals surface area (Å²) in [7, 11) is 3.09. The normalized spacial score (nSPS) is 12.5. The number of amides is 1. The van der Waals surface area contributed by atoms with E-state index in [1.165, 1.54) is 30.2 Å². The lowest BCUT2D eigenvalue weighted by molar-refractivity contribution is -0.124. The number of likely N-dealkylation sites (N-methyl/N-ethyl adjacent to an activating group) is 1. The molecular formula is C16H20FN3O2. The van der Waals surface area contributed by atoms with Crippen LogP contribution in [0, 0.1) is 12.7 Å². The molecule has 0 fully saturated rings. The number of rotatable bonds is 4. The van der Waals surface area contributed by atoms with Gasteiger partial charge in [0.2, 0.25) is 0 Å². The lowest BCUT2D eigenvalue weighted by Gasteiger charge is -2.17. The number of halogens is 1. The van der Waals surface area contributed by atoms with E-state index in [0.29, 0.717) is 0 Å². The number of aliphatic hydroxyl groups is 1. The Morgan fingerprint density at radius 3 is 2.55 bits per heavy atom. The molecule has 0 atom stereocenters. The number of aliphatic imine (C=N–C) groups is 1. The summed E-state index contributed by atoms with van der Waals surface area (Å²) >= 11 is 0. The summed E-state index contributed by atoms with van der Waals surface area (Å²) in [6.07, 6.45) is 1.21. The predicted octanol–water partition coefficient (Wildman–Crippen LogP) is 3.01. The number of allylic oxidation sites excluding steroid dienone is 1. The Balaban J connectivity index is 3.29. The highest BCUT2D eigenvalue weighted by Crippen LogP contribution is 2.18. The molecule has 2 N–H and O–H groups in total. The van der Waals surface area contributed by atoms with Gasteiger partial charge >= 0.3 is 0 Å². The van der Waals surface area contributed by atoms with Gasteiger partial charge in [-0.25, -0.2) is 9.38 Å². The van der Waals surface area contributed by atoms with E-state index in [2.05, 4.69) is 16.9 Å². The third-order valence-corrected chi connectivity index (χ3v) is 2.82. The number of amidine groups is 1. The Hall–Kier alpha value is -2.63. The van der Waals surface area contributed by atoms with Crippen LogP contribution in [0.4, 0.5) is 10.1 Å². The predicted molar refractivity (Wildman–Crippen MR) is 86.4 cm³/mol. The number of benzene rings is 1. The SMILES string of the molecule is C=CN=C(Nc1ccc(C)cc1F)/C(C(=O)N(C)C)=C(/C)O. The van der Waals surface area contributed by atoms with E-state index in [9.17, 15) is 14.3 Å². The van der Waals surface area contributed by atoms with Crippen LogP contribution in [0.15, 0.2) is 47.3 Å². The zero-order valence-electron chi connectivity index (χ0n) is 13.1. The topological polar surface area (TPSA) is 64.9 Å². The summed E-state index contributed by atoms with van der Waals surface area (Å²) in [6, 6.07) is 4.62. The Morgan fingerprint density at radius 2 is 2.09 bits per heavy atom. The molecule has 0 aliphatic heterocycles. The van der Waals surface area contributed by atoms with Crippen LogP contribution < -0.4 is 5.32 Å². The summed E-state index contributed by atoms with van der Waals surface area (Å²) in [5.74, 6) is -1.14. The van der Waals surface area contributed by atoms with Gasteiger partial charge in [-0.3, -0.25) is 4.79 Å². The van der Waals surface area contributed by atoms with Crippen molar-refractivity contribution in [2.24, 2.45) is 4.99 Å². The molecule has 0 saturated heterocycles. The zero-order chi connectivity index (χ0) is 16.9. The molecule has 1 rings (SSSR count). The molecule has 0 heterocycles. The first-order chi connectivity index (χ1) is 10.3. The number of hydrogen-bond acceptors (Lipinski definition) is 3. The molecule has 0 radical (unpaired) electrons. The van der Waals surface area contributed by atoms with Crippen LogP contribution in [0.5, 0.6) is 0 Å². The van der Waals surface area contributed by atoms with E-state index >= 15 is 0 Å². The first-order valence-electron chi connectivity index (χ1n) is 6.61. The maximum Gasteiger partial charge on any atom is 0.260 e. The molecule has 118 valence electrons. The maximum absolute atomic E-state index is 14.0. The van der Waals surface area contributed by atoms with Gasteiger partial charge < -0.3 is 15.3 Å². The van der Waals surface area contributed by atoms with Gasteiger partial charge in [-0.15, -0.1) is 0 Å². The molecule has 0 spiro atoms. The van der Waals surface area contributed by atoms with Crippen LogP contribution in [0.2, 0.25) is 0 Å². The van der Waals surface area contributed by atoms with Gasteiger partial charge in [-0.1, -0.05) is 12.6 Å². The minimum atomic E-state index is -0.482. The highest BCUT2D eigenvalue weighted by molar-refractivity contribution is 6.25. The molecule has 0 aliphatic carbocycles. The minimum absolute atomic E-state index is 0.0245. The van der Waals surface area contributed by atoms with E-state index in [1.54, 1.807) is 27.1 Å².